The van der Waals surface area contributed by atoms with Gasteiger partial charge in [0, 0.05) is 23.1 Å². The van der Waals surface area contributed by atoms with Crippen LogP contribution in [0.25, 0.3) is 10.6 Å². The van der Waals surface area contributed by atoms with Crippen LogP contribution in [0.15, 0.2) is 41.8 Å². The van der Waals surface area contributed by atoms with Gasteiger partial charge < -0.3 is 5.73 Å². The zero-order valence-corrected chi connectivity index (χ0v) is 15.0. The van der Waals surface area contributed by atoms with Gasteiger partial charge in [0.2, 0.25) is 0 Å². The minimum Gasteiger partial charge on any atom is -0.399 e. The molecular formula is C21H22N2S. The number of nitrogens with two attached hydrogens (primary N) is 1. The molecule has 1 aliphatic rings. The number of aryl methyl sites for hydroxylation is 2. The maximum atomic E-state index is 5.99. The van der Waals surface area contributed by atoms with Crippen molar-refractivity contribution in [3.05, 3.63) is 69.7 Å². The van der Waals surface area contributed by atoms with Gasteiger partial charge in [0.05, 0.1) is 5.69 Å². The molecule has 1 aliphatic carbocycles. The number of rotatable bonds is 4. The molecule has 4 rings (SSSR count). The predicted octanol–water partition coefficient (Wildman–Crippen LogP) is 5.48. The SMILES string of the molecule is Cc1cc(Cc2csc(-c3ccc(C4CC4)cc3)n2)c(C)cc1N. The van der Waals surface area contributed by atoms with Crippen LogP contribution in [0.2, 0.25) is 0 Å². The van der Waals surface area contributed by atoms with Crippen LogP contribution in [0, 0.1) is 13.8 Å². The van der Waals surface area contributed by atoms with Crippen LogP contribution in [0.3, 0.4) is 0 Å². The lowest BCUT2D eigenvalue weighted by atomic mass is 10.0. The fourth-order valence-corrected chi connectivity index (χ4v) is 3.94. The van der Waals surface area contributed by atoms with E-state index in [1.165, 1.54) is 35.1 Å². The van der Waals surface area contributed by atoms with Gasteiger partial charge in [0.25, 0.3) is 0 Å². The molecule has 24 heavy (non-hydrogen) atoms. The molecule has 0 unspecified atom stereocenters. The minimum absolute atomic E-state index is 0.808. The third-order valence-electron chi connectivity index (χ3n) is 4.85. The lowest BCUT2D eigenvalue weighted by Crippen LogP contribution is -1.97. The van der Waals surface area contributed by atoms with Crippen molar-refractivity contribution in [1.82, 2.24) is 4.98 Å². The van der Waals surface area contributed by atoms with E-state index < -0.39 is 0 Å². The number of thiazole rings is 1. The van der Waals surface area contributed by atoms with Crippen LogP contribution < -0.4 is 5.73 Å². The maximum absolute atomic E-state index is 5.99. The van der Waals surface area contributed by atoms with E-state index in [1.807, 2.05) is 0 Å². The molecule has 0 bridgehead atoms. The number of hydrogen-bond donors (Lipinski definition) is 1. The van der Waals surface area contributed by atoms with Gasteiger partial charge in [-0.25, -0.2) is 4.98 Å². The Morgan fingerprint density at radius 1 is 1.08 bits per heavy atom. The number of hydrogen-bond acceptors (Lipinski definition) is 3. The van der Waals surface area contributed by atoms with Crippen molar-refractivity contribution in [3.63, 3.8) is 0 Å². The summed E-state index contributed by atoms with van der Waals surface area (Å²) in [6.07, 6.45) is 3.56. The molecule has 122 valence electrons. The van der Waals surface area contributed by atoms with Gasteiger partial charge in [-0.15, -0.1) is 11.3 Å². The normalized spacial score (nSPS) is 14.1. The summed E-state index contributed by atoms with van der Waals surface area (Å²) in [5.74, 6) is 0.808. The third kappa shape index (κ3) is 3.09. The molecule has 1 aromatic heterocycles. The fourth-order valence-electron chi connectivity index (χ4n) is 3.12. The van der Waals surface area contributed by atoms with Gasteiger partial charge in [-0.3, -0.25) is 0 Å². The van der Waals surface area contributed by atoms with Crippen molar-refractivity contribution in [2.24, 2.45) is 0 Å². The van der Waals surface area contributed by atoms with Crippen molar-refractivity contribution < 1.29 is 0 Å². The molecule has 0 aliphatic heterocycles. The lowest BCUT2D eigenvalue weighted by molar-refractivity contribution is 1.08. The molecule has 1 heterocycles. The highest BCUT2D eigenvalue weighted by Gasteiger charge is 2.23. The first-order valence-corrected chi connectivity index (χ1v) is 9.38. The molecule has 2 N–H and O–H groups in total. The van der Waals surface area contributed by atoms with Crippen LogP contribution >= 0.6 is 11.3 Å². The topological polar surface area (TPSA) is 38.9 Å². The summed E-state index contributed by atoms with van der Waals surface area (Å²) >= 11 is 1.73. The van der Waals surface area contributed by atoms with Crippen LogP contribution in [-0.2, 0) is 6.42 Å². The molecule has 1 fully saturated rings. The second-order valence-electron chi connectivity index (χ2n) is 6.85. The van der Waals surface area contributed by atoms with E-state index in [2.05, 4.69) is 55.6 Å². The van der Waals surface area contributed by atoms with Gasteiger partial charge in [-0.05, 0) is 60.9 Å². The van der Waals surface area contributed by atoms with Crippen LogP contribution in [0.5, 0.6) is 0 Å². The Bertz CT molecular complexity index is 873. The van der Waals surface area contributed by atoms with E-state index in [1.54, 1.807) is 11.3 Å². The van der Waals surface area contributed by atoms with E-state index in [4.69, 9.17) is 10.7 Å². The molecule has 0 atom stereocenters. The average molecular weight is 334 g/mol. The number of anilines is 1. The second-order valence-corrected chi connectivity index (χ2v) is 7.71. The Kier molecular flexibility index (Phi) is 3.89. The largest absolute Gasteiger partial charge is 0.399 e. The fraction of sp³-hybridized carbons (Fsp3) is 0.286. The van der Waals surface area contributed by atoms with Gasteiger partial charge in [-0.1, -0.05) is 30.3 Å². The molecule has 2 aromatic carbocycles. The van der Waals surface area contributed by atoms with Crippen LogP contribution in [-0.4, -0.2) is 4.98 Å². The smallest absolute Gasteiger partial charge is 0.123 e. The van der Waals surface area contributed by atoms with Crippen molar-refractivity contribution in [3.8, 4) is 10.6 Å². The van der Waals surface area contributed by atoms with Gasteiger partial charge in [0.15, 0.2) is 0 Å². The van der Waals surface area contributed by atoms with Crippen molar-refractivity contribution >= 4 is 17.0 Å². The molecule has 0 spiro atoms. The Morgan fingerprint density at radius 2 is 1.83 bits per heavy atom. The summed E-state index contributed by atoms with van der Waals surface area (Å²) in [5, 5.41) is 3.28. The summed E-state index contributed by atoms with van der Waals surface area (Å²) in [6, 6.07) is 13.2. The molecule has 0 amide bonds. The summed E-state index contributed by atoms with van der Waals surface area (Å²) in [6.45, 7) is 4.18. The number of nitrogens with zero attached hydrogens (tertiary/aromatic N) is 1. The third-order valence-corrected chi connectivity index (χ3v) is 5.79. The van der Waals surface area contributed by atoms with Crippen molar-refractivity contribution in [1.29, 1.82) is 0 Å². The zero-order valence-electron chi connectivity index (χ0n) is 14.2. The molecule has 3 heteroatoms. The van der Waals surface area contributed by atoms with Crippen molar-refractivity contribution in [2.75, 3.05) is 5.73 Å². The van der Waals surface area contributed by atoms with E-state index in [-0.39, 0.29) is 0 Å². The Morgan fingerprint density at radius 3 is 2.54 bits per heavy atom. The molecule has 0 radical (unpaired) electrons. The second kappa shape index (κ2) is 6.06. The average Bonchev–Trinajstić information content (AvgIpc) is 3.32. The first kappa shape index (κ1) is 15.4. The first-order valence-electron chi connectivity index (χ1n) is 8.50. The molecule has 1 saturated carbocycles. The number of aromatic nitrogens is 1. The molecule has 0 saturated heterocycles. The highest BCUT2D eigenvalue weighted by Crippen LogP contribution is 2.40. The van der Waals surface area contributed by atoms with E-state index in [0.29, 0.717) is 0 Å². The lowest BCUT2D eigenvalue weighted by Gasteiger charge is -2.08. The molecular weight excluding hydrogens is 312 g/mol. The van der Waals surface area contributed by atoms with E-state index >= 15 is 0 Å². The van der Waals surface area contributed by atoms with Gasteiger partial charge >= 0.3 is 0 Å². The van der Waals surface area contributed by atoms with Crippen LogP contribution in [0.4, 0.5) is 5.69 Å². The van der Waals surface area contributed by atoms with Gasteiger partial charge in [0.1, 0.15) is 5.01 Å². The van der Waals surface area contributed by atoms with E-state index in [0.717, 1.165) is 34.3 Å². The summed E-state index contributed by atoms with van der Waals surface area (Å²) in [7, 11) is 0. The Balaban J connectivity index is 1.55. The minimum atomic E-state index is 0.808. The first-order chi connectivity index (χ1) is 11.6. The highest BCUT2D eigenvalue weighted by atomic mass is 32.1. The standard InChI is InChI=1S/C21H22N2S/c1-13-10-20(22)14(2)9-18(13)11-19-12-24-21(23-19)17-7-5-16(6-8-17)15-3-4-15/h5-10,12,15H,3-4,11,22H2,1-2H3. The molecule has 3 aromatic rings. The van der Waals surface area contributed by atoms with Crippen LogP contribution in [0.1, 0.15) is 46.7 Å². The Labute approximate surface area is 147 Å². The summed E-state index contributed by atoms with van der Waals surface area (Å²) < 4.78 is 0. The number of nitrogen functional groups attached to an aromatic ring is 1. The molecule has 2 nitrogen and oxygen atoms in total. The Hall–Kier alpha value is -2.13. The predicted molar refractivity (Wildman–Crippen MR) is 103 cm³/mol. The summed E-state index contributed by atoms with van der Waals surface area (Å²) in [4.78, 5) is 4.85. The number of benzene rings is 2. The monoisotopic (exact) mass is 334 g/mol. The van der Waals surface area contributed by atoms with Gasteiger partial charge in [-0.2, -0.15) is 0 Å². The summed E-state index contributed by atoms with van der Waals surface area (Å²) in [5.41, 5.74) is 14.4. The highest BCUT2D eigenvalue weighted by molar-refractivity contribution is 7.13. The quantitative estimate of drug-likeness (QED) is 0.642. The zero-order chi connectivity index (χ0) is 16.7. The maximum Gasteiger partial charge on any atom is 0.123 e. The van der Waals surface area contributed by atoms with E-state index in [9.17, 15) is 0 Å². The van der Waals surface area contributed by atoms with Crippen molar-refractivity contribution in [2.45, 2.75) is 39.0 Å².